The van der Waals surface area contributed by atoms with Crippen molar-refractivity contribution in [2.75, 3.05) is 21.3 Å². The van der Waals surface area contributed by atoms with E-state index in [1.807, 2.05) is 36.6 Å². The standard InChI is InChI=1S/C23H24N2O5/c1-13-11-16(12-18-20(23(28)30-6)15(3)24(4)21(18)26)14(2)25(13)19-10-8-7-9-17(19)22(27)29-5/h7-12H,1-6H3/b18-12-. The van der Waals surface area contributed by atoms with E-state index in [9.17, 15) is 14.4 Å². The summed E-state index contributed by atoms with van der Waals surface area (Å²) in [7, 11) is 4.26. The van der Waals surface area contributed by atoms with Crippen molar-refractivity contribution in [2.24, 2.45) is 0 Å². The van der Waals surface area contributed by atoms with E-state index >= 15 is 0 Å². The molecule has 1 aliphatic heterocycles. The van der Waals surface area contributed by atoms with Crippen LogP contribution >= 0.6 is 0 Å². The van der Waals surface area contributed by atoms with Gasteiger partial charge in [0.1, 0.15) is 0 Å². The molecule has 0 spiro atoms. The Balaban J connectivity index is 2.18. The van der Waals surface area contributed by atoms with Crippen LogP contribution in [-0.2, 0) is 19.1 Å². The van der Waals surface area contributed by atoms with Gasteiger partial charge in [-0.05, 0) is 50.6 Å². The maximum atomic E-state index is 12.7. The second kappa shape index (κ2) is 8.02. The van der Waals surface area contributed by atoms with Crippen molar-refractivity contribution in [2.45, 2.75) is 20.8 Å². The molecule has 0 fully saturated rings. The Morgan fingerprint density at radius 2 is 1.63 bits per heavy atom. The fourth-order valence-corrected chi connectivity index (χ4v) is 3.71. The monoisotopic (exact) mass is 408 g/mol. The number of carbonyl (C=O) groups excluding carboxylic acids is 3. The highest BCUT2D eigenvalue weighted by Gasteiger charge is 2.35. The van der Waals surface area contributed by atoms with Crippen molar-refractivity contribution in [3.63, 3.8) is 0 Å². The Bertz CT molecular complexity index is 1120. The Hall–Kier alpha value is -3.61. The van der Waals surface area contributed by atoms with E-state index < -0.39 is 11.9 Å². The number of aromatic nitrogens is 1. The van der Waals surface area contributed by atoms with Crippen LogP contribution in [0.3, 0.4) is 0 Å². The first-order valence-corrected chi connectivity index (χ1v) is 9.38. The summed E-state index contributed by atoms with van der Waals surface area (Å²) in [6.07, 6.45) is 1.70. The number of carbonyl (C=O) groups is 3. The minimum Gasteiger partial charge on any atom is -0.465 e. The van der Waals surface area contributed by atoms with Gasteiger partial charge in [-0.2, -0.15) is 0 Å². The van der Waals surface area contributed by atoms with E-state index in [1.54, 1.807) is 32.2 Å². The topological polar surface area (TPSA) is 77.8 Å². The van der Waals surface area contributed by atoms with Gasteiger partial charge in [-0.1, -0.05) is 12.1 Å². The summed E-state index contributed by atoms with van der Waals surface area (Å²) in [6, 6.07) is 9.06. The smallest absolute Gasteiger partial charge is 0.340 e. The number of para-hydroxylation sites is 1. The molecule has 2 heterocycles. The van der Waals surface area contributed by atoms with Gasteiger partial charge in [0.25, 0.3) is 5.91 Å². The first-order chi connectivity index (χ1) is 14.2. The van der Waals surface area contributed by atoms with E-state index in [0.717, 1.165) is 17.0 Å². The molecule has 1 aromatic heterocycles. The van der Waals surface area contributed by atoms with Gasteiger partial charge in [0, 0.05) is 24.1 Å². The Morgan fingerprint density at radius 3 is 2.27 bits per heavy atom. The fraction of sp³-hybridized carbons (Fsp3) is 0.261. The molecule has 0 radical (unpaired) electrons. The fourth-order valence-electron chi connectivity index (χ4n) is 3.71. The molecule has 0 saturated carbocycles. The van der Waals surface area contributed by atoms with Gasteiger partial charge in [0.2, 0.25) is 0 Å². The number of nitrogens with zero attached hydrogens (tertiary/aromatic N) is 2. The predicted octanol–water partition coefficient (Wildman–Crippen LogP) is 3.18. The third-order valence-corrected chi connectivity index (χ3v) is 5.38. The van der Waals surface area contributed by atoms with E-state index in [1.165, 1.54) is 19.1 Å². The quantitative estimate of drug-likeness (QED) is 0.574. The van der Waals surface area contributed by atoms with Crippen LogP contribution in [0.2, 0.25) is 0 Å². The number of methoxy groups -OCH3 is 2. The van der Waals surface area contributed by atoms with Gasteiger partial charge >= 0.3 is 11.9 Å². The SMILES string of the molecule is COC(=O)C1=C(C)N(C)C(=O)/C1=C\c1cc(C)n(-c2ccccc2C(=O)OC)c1C. The van der Waals surface area contributed by atoms with Crippen molar-refractivity contribution in [3.8, 4) is 5.69 Å². The van der Waals surface area contributed by atoms with E-state index in [2.05, 4.69) is 0 Å². The Labute approximate surface area is 175 Å². The van der Waals surface area contributed by atoms with Crippen LogP contribution in [0.15, 0.2) is 47.2 Å². The summed E-state index contributed by atoms with van der Waals surface area (Å²) in [4.78, 5) is 38.7. The second-order valence-electron chi connectivity index (χ2n) is 7.04. The van der Waals surface area contributed by atoms with Gasteiger partial charge in [-0.25, -0.2) is 9.59 Å². The van der Waals surface area contributed by atoms with E-state index in [0.29, 0.717) is 16.9 Å². The first kappa shape index (κ1) is 21.1. The van der Waals surface area contributed by atoms with Crippen LogP contribution in [0.1, 0.15) is 34.2 Å². The Morgan fingerprint density at radius 1 is 1.00 bits per heavy atom. The molecular formula is C23H24N2O5. The van der Waals surface area contributed by atoms with Crippen molar-refractivity contribution in [1.29, 1.82) is 0 Å². The zero-order valence-electron chi connectivity index (χ0n) is 17.9. The summed E-state index contributed by atoms with van der Waals surface area (Å²) < 4.78 is 11.7. The Kier molecular flexibility index (Phi) is 5.64. The van der Waals surface area contributed by atoms with Crippen molar-refractivity contribution >= 4 is 23.9 Å². The summed E-state index contributed by atoms with van der Waals surface area (Å²) in [6.45, 7) is 5.51. The number of hydrogen-bond acceptors (Lipinski definition) is 5. The number of ether oxygens (including phenoxy) is 2. The molecule has 7 nitrogen and oxygen atoms in total. The number of aryl methyl sites for hydroxylation is 1. The maximum Gasteiger partial charge on any atom is 0.340 e. The van der Waals surface area contributed by atoms with Gasteiger partial charge in [-0.15, -0.1) is 0 Å². The molecule has 0 saturated heterocycles. The minimum atomic E-state index is -0.554. The van der Waals surface area contributed by atoms with Crippen LogP contribution < -0.4 is 0 Å². The normalized spacial score (nSPS) is 15.2. The second-order valence-corrected chi connectivity index (χ2v) is 7.04. The number of esters is 2. The summed E-state index contributed by atoms with van der Waals surface area (Å²) in [5.41, 5.74) is 4.65. The molecule has 156 valence electrons. The van der Waals surface area contributed by atoms with Crippen LogP contribution in [-0.4, -0.2) is 48.6 Å². The first-order valence-electron chi connectivity index (χ1n) is 9.38. The molecule has 1 aliphatic rings. The maximum absolute atomic E-state index is 12.7. The zero-order chi connectivity index (χ0) is 22.2. The molecule has 0 aliphatic carbocycles. The van der Waals surface area contributed by atoms with Crippen molar-refractivity contribution in [1.82, 2.24) is 9.47 Å². The van der Waals surface area contributed by atoms with E-state index in [-0.39, 0.29) is 17.1 Å². The number of amides is 1. The third-order valence-electron chi connectivity index (χ3n) is 5.38. The number of rotatable bonds is 4. The van der Waals surface area contributed by atoms with Crippen molar-refractivity contribution in [3.05, 3.63) is 69.7 Å². The average Bonchev–Trinajstić information content (AvgIpc) is 3.14. The number of allylic oxidation sites excluding steroid dienone is 1. The molecule has 0 bridgehead atoms. The van der Waals surface area contributed by atoms with Gasteiger partial charge < -0.3 is 18.9 Å². The highest BCUT2D eigenvalue weighted by atomic mass is 16.5. The van der Waals surface area contributed by atoms with Crippen LogP contribution in [0.4, 0.5) is 0 Å². The number of likely N-dealkylation sites (N-methyl/N-ethyl adjacent to an activating group) is 1. The molecule has 7 heteroatoms. The van der Waals surface area contributed by atoms with Gasteiger partial charge in [0.05, 0.1) is 36.6 Å². The molecule has 0 atom stereocenters. The van der Waals surface area contributed by atoms with Crippen LogP contribution in [0, 0.1) is 13.8 Å². The average molecular weight is 408 g/mol. The lowest BCUT2D eigenvalue weighted by Crippen LogP contribution is -2.19. The summed E-state index contributed by atoms with van der Waals surface area (Å²) >= 11 is 0. The largest absolute Gasteiger partial charge is 0.465 e. The molecule has 0 unspecified atom stereocenters. The lowest BCUT2D eigenvalue weighted by Gasteiger charge is -2.13. The third kappa shape index (κ3) is 3.32. The molecule has 2 aromatic rings. The molecule has 1 aromatic carbocycles. The number of hydrogen-bond donors (Lipinski definition) is 0. The van der Waals surface area contributed by atoms with Crippen LogP contribution in [0.25, 0.3) is 11.8 Å². The summed E-state index contributed by atoms with van der Waals surface area (Å²) in [5.74, 6) is -1.26. The van der Waals surface area contributed by atoms with Gasteiger partial charge in [0.15, 0.2) is 0 Å². The summed E-state index contributed by atoms with van der Waals surface area (Å²) in [5, 5.41) is 0. The van der Waals surface area contributed by atoms with Gasteiger partial charge in [-0.3, -0.25) is 4.79 Å². The molecule has 30 heavy (non-hydrogen) atoms. The zero-order valence-corrected chi connectivity index (χ0v) is 17.9. The highest BCUT2D eigenvalue weighted by Crippen LogP contribution is 2.32. The number of benzene rings is 1. The molecule has 0 N–H and O–H groups in total. The predicted molar refractivity (Wildman–Crippen MR) is 112 cm³/mol. The molecule has 1 amide bonds. The van der Waals surface area contributed by atoms with E-state index in [4.69, 9.17) is 9.47 Å². The minimum absolute atomic E-state index is 0.254. The molecule has 3 rings (SSSR count). The lowest BCUT2D eigenvalue weighted by atomic mass is 10.0. The lowest BCUT2D eigenvalue weighted by molar-refractivity contribution is -0.136. The van der Waals surface area contributed by atoms with Crippen molar-refractivity contribution < 1.29 is 23.9 Å². The highest BCUT2D eigenvalue weighted by molar-refractivity contribution is 6.16. The molecular weight excluding hydrogens is 384 g/mol. The van der Waals surface area contributed by atoms with Crippen LogP contribution in [0.5, 0.6) is 0 Å².